The van der Waals surface area contributed by atoms with E-state index in [4.69, 9.17) is 0 Å². The van der Waals surface area contributed by atoms with Crippen LogP contribution in [0.3, 0.4) is 0 Å². The molecule has 1 amide bonds. The van der Waals surface area contributed by atoms with Gasteiger partial charge in [-0.2, -0.15) is 0 Å². The summed E-state index contributed by atoms with van der Waals surface area (Å²) >= 11 is 0. The number of H-pyrrole nitrogens is 1. The highest BCUT2D eigenvalue weighted by Gasteiger charge is 2.28. The second-order valence-electron chi connectivity index (χ2n) is 6.71. The molecule has 2 N–H and O–H groups in total. The minimum absolute atomic E-state index is 0.165. The van der Waals surface area contributed by atoms with Gasteiger partial charge in [0, 0.05) is 36.3 Å². The van der Waals surface area contributed by atoms with Crippen LogP contribution < -0.4 is 0 Å². The average molecular weight is 314 g/mol. The molecule has 2 aromatic rings. The Morgan fingerprint density at radius 1 is 1.35 bits per heavy atom. The van der Waals surface area contributed by atoms with Crippen molar-refractivity contribution in [2.24, 2.45) is 5.92 Å². The number of fused-ring (bicyclic) bond motifs is 1. The fourth-order valence-corrected chi connectivity index (χ4v) is 3.66. The van der Waals surface area contributed by atoms with Gasteiger partial charge >= 0.3 is 0 Å². The van der Waals surface area contributed by atoms with Crippen LogP contribution in [0.4, 0.5) is 0 Å². The number of carbonyl (C=O) groups excluding carboxylic acids is 1. The summed E-state index contributed by atoms with van der Waals surface area (Å²) in [7, 11) is 0. The number of likely N-dealkylation sites (tertiary alicyclic amines) is 1. The van der Waals surface area contributed by atoms with Gasteiger partial charge in [-0.25, -0.2) is 0 Å². The van der Waals surface area contributed by atoms with Crippen LogP contribution in [0.2, 0.25) is 0 Å². The van der Waals surface area contributed by atoms with E-state index in [1.807, 2.05) is 11.1 Å². The molecule has 0 radical (unpaired) electrons. The van der Waals surface area contributed by atoms with E-state index in [9.17, 15) is 9.90 Å². The van der Waals surface area contributed by atoms with Crippen LogP contribution >= 0.6 is 0 Å². The molecule has 1 aliphatic rings. The van der Waals surface area contributed by atoms with Gasteiger partial charge < -0.3 is 15.0 Å². The van der Waals surface area contributed by atoms with E-state index in [0.717, 1.165) is 35.7 Å². The Balaban J connectivity index is 1.80. The first-order valence-corrected chi connectivity index (χ1v) is 8.62. The molecule has 4 heteroatoms. The van der Waals surface area contributed by atoms with Gasteiger partial charge in [0.25, 0.3) is 0 Å². The van der Waals surface area contributed by atoms with Crippen LogP contribution in [0.25, 0.3) is 10.9 Å². The molecule has 1 aliphatic heterocycles. The quantitative estimate of drug-likeness (QED) is 0.911. The maximum Gasteiger partial charge on any atom is 0.227 e. The monoisotopic (exact) mass is 314 g/mol. The summed E-state index contributed by atoms with van der Waals surface area (Å²) < 4.78 is 0. The molecule has 1 aromatic carbocycles. The van der Waals surface area contributed by atoms with Crippen LogP contribution in [0.1, 0.15) is 37.8 Å². The van der Waals surface area contributed by atoms with Crippen LogP contribution in [-0.2, 0) is 17.6 Å². The molecular weight excluding hydrogens is 288 g/mol. The van der Waals surface area contributed by atoms with Gasteiger partial charge in [0.05, 0.1) is 6.42 Å². The maximum absolute atomic E-state index is 12.8. The fourth-order valence-electron chi connectivity index (χ4n) is 3.66. The first-order chi connectivity index (χ1) is 11.1. The summed E-state index contributed by atoms with van der Waals surface area (Å²) in [5.74, 6) is 0.392. The third kappa shape index (κ3) is 3.13. The molecule has 1 aromatic heterocycles. The van der Waals surface area contributed by atoms with Crippen molar-refractivity contribution < 1.29 is 9.90 Å². The molecule has 0 aliphatic carbocycles. The number of amides is 1. The van der Waals surface area contributed by atoms with Crippen molar-refractivity contribution in [2.45, 2.75) is 45.6 Å². The summed E-state index contributed by atoms with van der Waals surface area (Å²) in [5.41, 5.74) is 3.50. The highest BCUT2D eigenvalue weighted by Crippen LogP contribution is 2.25. The number of hydrogen-bond donors (Lipinski definition) is 2. The first kappa shape index (κ1) is 16.1. The zero-order valence-corrected chi connectivity index (χ0v) is 14.0. The fraction of sp³-hybridized carbons (Fsp3) is 0.526. The molecule has 124 valence electrons. The lowest BCUT2D eigenvalue weighted by Crippen LogP contribution is -2.46. The SMILES string of the molecule is CCc1cccc2c(CC(=O)N3CC(CO)CCC3C)c[nH]c12. The van der Waals surface area contributed by atoms with Gasteiger partial charge in [0.2, 0.25) is 5.91 Å². The lowest BCUT2D eigenvalue weighted by Gasteiger charge is -2.37. The predicted octanol–water partition coefficient (Wildman–Crippen LogP) is 2.89. The van der Waals surface area contributed by atoms with Gasteiger partial charge in [-0.05, 0) is 43.2 Å². The Morgan fingerprint density at radius 3 is 2.91 bits per heavy atom. The third-order valence-corrected chi connectivity index (χ3v) is 5.17. The molecule has 1 saturated heterocycles. The van der Waals surface area contributed by atoms with Crippen molar-refractivity contribution in [3.63, 3.8) is 0 Å². The molecule has 0 bridgehead atoms. The number of para-hydroxylation sites is 1. The number of rotatable bonds is 4. The Bertz CT molecular complexity index is 692. The summed E-state index contributed by atoms with van der Waals surface area (Å²) in [6, 6.07) is 6.54. The number of aliphatic hydroxyl groups is 1. The number of nitrogens with one attached hydrogen (secondary N) is 1. The predicted molar refractivity (Wildman–Crippen MR) is 92.4 cm³/mol. The summed E-state index contributed by atoms with van der Waals surface area (Å²) in [5, 5.41) is 10.5. The lowest BCUT2D eigenvalue weighted by atomic mass is 9.93. The van der Waals surface area contributed by atoms with E-state index in [1.54, 1.807) is 0 Å². The molecular formula is C19H26N2O2. The number of carbonyl (C=O) groups is 1. The molecule has 3 rings (SSSR count). The Labute approximate surface area is 137 Å². The number of aryl methyl sites for hydroxylation is 1. The van der Waals surface area contributed by atoms with Crippen LogP contribution in [0.5, 0.6) is 0 Å². The number of aliphatic hydroxyl groups excluding tert-OH is 1. The Hall–Kier alpha value is -1.81. The summed E-state index contributed by atoms with van der Waals surface area (Å²) in [6.45, 7) is 5.10. The van der Waals surface area contributed by atoms with E-state index in [-0.39, 0.29) is 24.5 Å². The van der Waals surface area contributed by atoms with E-state index >= 15 is 0 Å². The molecule has 1 fully saturated rings. The first-order valence-electron chi connectivity index (χ1n) is 8.62. The molecule has 0 saturated carbocycles. The highest BCUT2D eigenvalue weighted by molar-refractivity contribution is 5.90. The average Bonchev–Trinajstić information content (AvgIpc) is 2.98. The van der Waals surface area contributed by atoms with Gasteiger partial charge in [-0.3, -0.25) is 4.79 Å². The second-order valence-corrected chi connectivity index (χ2v) is 6.71. The lowest BCUT2D eigenvalue weighted by molar-refractivity contribution is -0.135. The van der Waals surface area contributed by atoms with E-state index in [0.29, 0.717) is 13.0 Å². The molecule has 2 unspecified atom stereocenters. The van der Waals surface area contributed by atoms with Crippen molar-refractivity contribution in [3.05, 3.63) is 35.5 Å². The smallest absolute Gasteiger partial charge is 0.227 e. The van der Waals surface area contributed by atoms with Gasteiger partial charge in [0.1, 0.15) is 0 Å². The van der Waals surface area contributed by atoms with Crippen LogP contribution in [0, 0.1) is 5.92 Å². The molecule has 0 spiro atoms. The number of piperidine rings is 1. The van der Waals surface area contributed by atoms with Crippen molar-refractivity contribution in [2.75, 3.05) is 13.2 Å². The number of aromatic amines is 1. The van der Waals surface area contributed by atoms with Crippen LogP contribution in [0.15, 0.2) is 24.4 Å². The molecule has 2 heterocycles. The minimum Gasteiger partial charge on any atom is -0.396 e. The normalized spacial score (nSPS) is 21.8. The molecule has 4 nitrogen and oxygen atoms in total. The Kier molecular flexibility index (Phi) is 4.71. The number of hydrogen-bond acceptors (Lipinski definition) is 2. The molecule has 23 heavy (non-hydrogen) atoms. The topological polar surface area (TPSA) is 56.3 Å². The number of aromatic nitrogens is 1. The van der Waals surface area contributed by atoms with Crippen molar-refractivity contribution in [1.29, 1.82) is 0 Å². The zero-order chi connectivity index (χ0) is 16.4. The molecule has 2 atom stereocenters. The van der Waals surface area contributed by atoms with E-state index < -0.39 is 0 Å². The minimum atomic E-state index is 0.165. The van der Waals surface area contributed by atoms with Crippen molar-refractivity contribution in [3.8, 4) is 0 Å². The zero-order valence-electron chi connectivity index (χ0n) is 14.0. The second kappa shape index (κ2) is 6.75. The standard InChI is InChI=1S/C19H26N2O2/c1-3-15-5-4-6-17-16(10-20-19(15)17)9-18(23)21-11-14(12-22)8-7-13(21)2/h4-6,10,13-14,20,22H,3,7-9,11-12H2,1-2H3. The number of benzene rings is 1. The van der Waals surface area contributed by atoms with Crippen LogP contribution in [-0.4, -0.2) is 40.1 Å². The summed E-state index contributed by atoms with van der Waals surface area (Å²) in [4.78, 5) is 18.1. The van der Waals surface area contributed by atoms with E-state index in [1.165, 1.54) is 5.56 Å². The third-order valence-electron chi connectivity index (χ3n) is 5.17. The van der Waals surface area contributed by atoms with Crippen molar-refractivity contribution >= 4 is 16.8 Å². The Morgan fingerprint density at radius 2 is 2.17 bits per heavy atom. The highest BCUT2D eigenvalue weighted by atomic mass is 16.3. The van der Waals surface area contributed by atoms with Crippen molar-refractivity contribution in [1.82, 2.24) is 9.88 Å². The van der Waals surface area contributed by atoms with Gasteiger partial charge in [-0.1, -0.05) is 25.1 Å². The summed E-state index contributed by atoms with van der Waals surface area (Å²) in [6.07, 6.45) is 5.36. The van der Waals surface area contributed by atoms with E-state index in [2.05, 4.69) is 37.0 Å². The maximum atomic E-state index is 12.8. The van der Waals surface area contributed by atoms with Gasteiger partial charge in [-0.15, -0.1) is 0 Å². The van der Waals surface area contributed by atoms with Gasteiger partial charge in [0.15, 0.2) is 0 Å². The number of nitrogens with zero attached hydrogens (tertiary/aromatic N) is 1. The largest absolute Gasteiger partial charge is 0.396 e.